The summed E-state index contributed by atoms with van der Waals surface area (Å²) in [4.78, 5) is 9.63. The van der Waals surface area contributed by atoms with E-state index in [2.05, 4.69) is 4.74 Å². The predicted molar refractivity (Wildman–Crippen MR) is 44.1 cm³/mol. The summed E-state index contributed by atoms with van der Waals surface area (Å²) in [5, 5.41) is 0. The molecule has 12 heavy (non-hydrogen) atoms. The third kappa shape index (κ3) is 6.50. The van der Waals surface area contributed by atoms with Gasteiger partial charge in [-0.05, 0) is 5.75 Å². The van der Waals surface area contributed by atoms with E-state index in [0.29, 0.717) is 5.75 Å². The van der Waals surface area contributed by atoms with Crippen molar-refractivity contribution in [2.45, 2.75) is 13.8 Å². The van der Waals surface area contributed by atoms with Crippen LogP contribution < -0.4 is 4.74 Å². The average Bonchev–Trinajstić information content (AvgIpc) is 2.11. The van der Waals surface area contributed by atoms with Gasteiger partial charge in [-0.15, -0.1) is 12.1 Å². The van der Waals surface area contributed by atoms with Crippen LogP contribution in [0.4, 0.5) is 0 Å². The van der Waals surface area contributed by atoms with Gasteiger partial charge in [-0.2, -0.15) is 0 Å². The van der Waals surface area contributed by atoms with E-state index in [4.69, 9.17) is 0 Å². The average molecular weight is 240 g/mol. The van der Waals surface area contributed by atoms with Crippen molar-refractivity contribution in [3.05, 3.63) is 30.3 Å². The fraction of sp³-hybridized carbons (Fsp3) is 0.222. The van der Waals surface area contributed by atoms with E-state index in [1.165, 1.54) is 6.47 Å². The van der Waals surface area contributed by atoms with Crippen LogP contribution in [0.15, 0.2) is 30.3 Å². The van der Waals surface area contributed by atoms with E-state index in [0.717, 1.165) is 0 Å². The Labute approximate surface area is 98.2 Å². The van der Waals surface area contributed by atoms with E-state index >= 15 is 0 Å². The topological polar surface area (TPSA) is 26.3 Å². The van der Waals surface area contributed by atoms with Gasteiger partial charge < -0.3 is 9.53 Å². The zero-order valence-corrected chi connectivity index (χ0v) is 10.1. The number of hydrogen-bond donors (Lipinski definition) is 0. The molecule has 3 heteroatoms. The van der Waals surface area contributed by atoms with Crippen molar-refractivity contribution in [3.8, 4) is 5.75 Å². The molecule has 0 aliphatic heterocycles. The first-order valence-corrected chi connectivity index (χ1v) is 3.52. The summed E-state index contributed by atoms with van der Waals surface area (Å²) in [5.41, 5.74) is 0. The monoisotopic (exact) mass is 240 g/mol. The van der Waals surface area contributed by atoms with Gasteiger partial charge in [0.15, 0.2) is 6.47 Å². The molecule has 0 atom stereocenters. The Kier molecular flexibility index (Phi) is 12.9. The second-order valence-electron chi connectivity index (χ2n) is 1.50. The molecule has 1 radical (unpaired) electrons. The van der Waals surface area contributed by atoms with Gasteiger partial charge in [0.1, 0.15) is 0 Å². The minimum absolute atomic E-state index is 0. The quantitative estimate of drug-likeness (QED) is 0.740. The van der Waals surface area contributed by atoms with Gasteiger partial charge in [0.05, 0.1) is 0 Å². The summed E-state index contributed by atoms with van der Waals surface area (Å²) in [6.45, 7) is 5.33. The molecule has 0 saturated carbocycles. The molecule has 0 saturated heterocycles. The largest absolute Gasteiger partial charge is 0.610 e. The van der Waals surface area contributed by atoms with Crippen LogP contribution in [0.3, 0.4) is 0 Å². The molecule has 0 fully saturated rings. The van der Waals surface area contributed by atoms with Gasteiger partial charge in [-0.3, -0.25) is 0 Å². The molecular formula is C9H11O2Y-. The molecule has 0 aromatic heterocycles. The summed E-state index contributed by atoms with van der Waals surface area (Å²) in [7, 11) is 0. The normalized spacial score (nSPS) is 6.83. The van der Waals surface area contributed by atoms with Crippen LogP contribution in [0.25, 0.3) is 0 Å². The van der Waals surface area contributed by atoms with Crippen molar-refractivity contribution in [1.82, 2.24) is 0 Å². The maximum absolute atomic E-state index is 9.63. The van der Waals surface area contributed by atoms with Crippen molar-refractivity contribution >= 4 is 6.47 Å². The van der Waals surface area contributed by atoms with Crippen molar-refractivity contribution in [2.24, 2.45) is 0 Å². The fourth-order valence-electron chi connectivity index (χ4n) is 0.537. The van der Waals surface area contributed by atoms with Crippen molar-refractivity contribution in [3.63, 3.8) is 0 Å². The molecule has 0 unspecified atom stereocenters. The number of para-hydroxylation sites is 1. The first-order chi connectivity index (χ1) is 5.43. The Morgan fingerprint density at radius 3 is 2.08 bits per heavy atom. The molecule has 0 N–H and O–H groups in total. The smallest absolute Gasteiger partial charge is 0.170 e. The minimum Gasteiger partial charge on any atom is -0.610 e. The molecule has 0 spiro atoms. The molecule has 1 rings (SSSR count). The van der Waals surface area contributed by atoms with Gasteiger partial charge in [0, 0.05) is 32.7 Å². The molecular weight excluding hydrogens is 229 g/mol. The van der Waals surface area contributed by atoms with E-state index in [1.54, 1.807) is 24.3 Å². The Morgan fingerprint density at radius 1 is 1.17 bits per heavy atom. The Hall–Kier alpha value is -0.206. The summed E-state index contributed by atoms with van der Waals surface area (Å²) in [5.74, 6) is 0.521. The fourth-order valence-corrected chi connectivity index (χ4v) is 0.537. The van der Waals surface area contributed by atoms with Crippen LogP contribution in [0.5, 0.6) is 5.75 Å². The van der Waals surface area contributed by atoms with Crippen LogP contribution in [-0.4, -0.2) is 6.47 Å². The van der Waals surface area contributed by atoms with E-state index in [-0.39, 0.29) is 32.7 Å². The molecule has 63 valence electrons. The zero-order valence-electron chi connectivity index (χ0n) is 7.28. The van der Waals surface area contributed by atoms with Gasteiger partial charge in [-0.25, -0.2) is 0 Å². The van der Waals surface area contributed by atoms with E-state index < -0.39 is 0 Å². The van der Waals surface area contributed by atoms with Crippen molar-refractivity contribution < 1.29 is 42.2 Å². The van der Waals surface area contributed by atoms with E-state index in [1.807, 2.05) is 19.9 Å². The molecule has 0 aliphatic rings. The number of benzene rings is 1. The minimum atomic E-state index is 0. The summed E-state index contributed by atoms with van der Waals surface area (Å²) in [6, 6.07) is 8.78. The maximum Gasteiger partial charge on any atom is 0.170 e. The number of hydrogen-bond acceptors (Lipinski definition) is 2. The van der Waals surface area contributed by atoms with Gasteiger partial charge >= 0.3 is 0 Å². The van der Waals surface area contributed by atoms with Crippen LogP contribution >= 0.6 is 0 Å². The van der Waals surface area contributed by atoms with Crippen LogP contribution in [-0.2, 0) is 37.5 Å². The number of rotatable bonds is 2. The third-order valence-electron chi connectivity index (χ3n) is 0.903. The first kappa shape index (κ1) is 14.3. The number of carbonyl (C=O) groups excluding carboxylic acids is 1. The molecule has 0 aliphatic carbocycles. The summed E-state index contributed by atoms with van der Waals surface area (Å²) in [6.07, 6.45) is 0. The molecule has 0 bridgehead atoms. The van der Waals surface area contributed by atoms with Crippen molar-refractivity contribution in [2.75, 3.05) is 0 Å². The number of ether oxygens (including phenoxy) is 1. The standard InChI is InChI=1S/C7H5O2.C2H6.Y/c8-6-9-7-4-2-1-3-5-7;1-2;/h1-5H;1-2H3;/q-1;;. The second-order valence-corrected chi connectivity index (χ2v) is 1.50. The molecule has 0 amide bonds. The molecule has 1 aromatic rings. The van der Waals surface area contributed by atoms with Gasteiger partial charge in [0.25, 0.3) is 0 Å². The Bertz CT molecular complexity index is 187. The Balaban J connectivity index is 0. The molecule has 2 nitrogen and oxygen atoms in total. The SMILES string of the molecule is CC.O=[C-]Oc1ccccc1.[Y]. The second kappa shape index (κ2) is 10.8. The zero-order chi connectivity index (χ0) is 8.53. The van der Waals surface area contributed by atoms with E-state index in [9.17, 15) is 4.79 Å². The van der Waals surface area contributed by atoms with Gasteiger partial charge in [0.2, 0.25) is 0 Å². The van der Waals surface area contributed by atoms with Gasteiger partial charge in [-0.1, -0.05) is 32.0 Å². The molecule has 1 aromatic carbocycles. The van der Waals surface area contributed by atoms with Crippen molar-refractivity contribution in [1.29, 1.82) is 0 Å². The van der Waals surface area contributed by atoms with Crippen LogP contribution in [0.2, 0.25) is 0 Å². The maximum atomic E-state index is 9.63. The van der Waals surface area contributed by atoms with Crippen LogP contribution in [0, 0.1) is 0 Å². The summed E-state index contributed by atoms with van der Waals surface area (Å²) < 4.78 is 4.40. The summed E-state index contributed by atoms with van der Waals surface area (Å²) >= 11 is 0. The third-order valence-corrected chi connectivity index (χ3v) is 0.903. The van der Waals surface area contributed by atoms with Crippen LogP contribution in [0.1, 0.15) is 13.8 Å². The predicted octanol–water partition coefficient (Wildman–Crippen LogP) is 2.16. The first-order valence-electron chi connectivity index (χ1n) is 3.52. The molecule has 0 heterocycles. The Morgan fingerprint density at radius 2 is 1.67 bits per heavy atom.